The third-order valence-corrected chi connectivity index (χ3v) is 4.72. The molecule has 3 aromatic rings. The van der Waals surface area contributed by atoms with Crippen LogP contribution in [0.2, 0.25) is 0 Å². The van der Waals surface area contributed by atoms with Crippen molar-refractivity contribution in [3.05, 3.63) is 77.9 Å². The number of rotatable bonds is 11. The highest BCUT2D eigenvalue weighted by Gasteiger charge is 2.16. The zero-order valence-corrected chi connectivity index (χ0v) is 18.5. The van der Waals surface area contributed by atoms with E-state index in [1.54, 1.807) is 12.1 Å². The zero-order valence-electron chi connectivity index (χ0n) is 18.5. The molecule has 0 aliphatic rings. The van der Waals surface area contributed by atoms with E-state index in [-0.39, 0.29) is 5.91 Å². The number of carbonyl (C=O) groups excluding carboxylic acids is 1. The molecule has 2 N–H and O–H groups in total. The van der Waals surface area contributed by atoms with Crippen molar-refractivity contribution in [2.24, 2.45) is 0 Å². The van der Waals surface area contributed by atoms with Crippen LogP contribution >= 0.6 is 0 Å². The monoisotopic (exact) mass is 436 g/mol. The average Bonchev–Trinajstić information content (AvgIpc) is 2.83. The molecule has 0 radical (unpaired) electrons. The smallest absolute Gasteiger partial charge is 0.251 e. The van der Waals surface area contributed by atoms with Crippen molar-refractivity contribution in [2.75, 3.05) is 34.4 Å². The van der Waals surface area contributed by atoms with Crippen LogP contribution in [-0.4, -0.2) is 40.3 Å². The molecule has 0 atom stereocenters. The fourth-order valence-corrected chi connectivity index (χ4v) is 3.15. The third kappa shape index (κ3) is 6.15. The summed E-state index contributed by atoms with van der Waals surface area (Å²) in [5, 5.41) is 6.21. The summed E-state index contributed by atoms with van der Waals surface area (Å²) in [6.45, 7) is 1.74. The Kier molecular flexibility index (Phi) is 8.34. The summed E-state index contributed by atoms with van der Waals surface area (Å²) in [6.07, 6.45) is 0. The summed E-state index contributed by atoms with van der Waals surface area (Å²) in [6, 6.07) is 20.8. The van der Waals surface area contributed by atoms with Gasteiger partial charge in [-0.1, -0.05) is 30.3 Å². The van der Waals surface area contributed by atoms with Crippen LogP contribution in [0.1, 0.15) is 15.9 Å². The Morgan fingerprint density at radius 1 is 0.781 bits per heavy atom. The molecule has 0 aliphatic carbocycles. The lowest BCUT2D eigenvalue weighted by Crippen LogP contribution is -2.31. The fourth-order valence-electron chi connectivity index (χ4n) is 3.15. The molecule has 0 aliphatic heterocycles. The Morgan fingerprint density at radius 2 is 1.47 bits per heavy atom. The maximum atomic E-state index is 12.5. The first-order valence-electron chi connectivity index (χ1n) is 10.3. The number of benzene rings is 3. The van der Waals surface area contributed by atoms with Gasteiger partial charge in [0.25, 0.3) is 5.91 Å². The lowest BCUT2D eigenvalue weighted by atomic mass is 10.1. The lowest BCUT2D eigenvalue weighted by Gasteiger charge is -2.14. The van der Waals surface area contributed by atoms with E-state index in [2.05, 4.69) is 10.6 Å². The van der Waals surface area contributed by atoms with Gasteiger partial charge >= 0.3 is 0 Å². The number of amides is 1. The number of para-hydroxylation sites is 1. The molecule has 32 heavy (non-hydrogen) atoms. The molecule has 0 aromatic heterocycles. The summed E-state index contributed by atoms with van der Waals surface area (Å²) in [7, 11) is 4.56. The minimum atomic E-state index is -0.218. The summed E-state index contributed by atoms with van der Waals surface area (Å²) >= 11 is 0. The molecule has 168 valence electrons. The average molecular weight is 437 g/mol. The van der Waals surface area contributed by atoms with Gasteiger partial charge in [0, 0.05) is 25.2 Å². The maximum Gasteiger partial charge on any atom is 0.251 e. The Hall–Kier alpha value is -3.71. The third-order valence-electron chi connectivity index (χ3n) is 4.72. The van der Waals surface area contributed by atoms with E-state index >= 15 is 0 Å². The van der Waals surface area contributed by atoms with Crippen LogP contribution in [0.25, 0.3) is 0 Å². The molecule has 0 spiro atoms. The van der Waals surface area contributed by atoms with Gasteiger partial charge in [0.2, 0.25) is 5.75 Å². The van der Waals surface area contributed by atoms with Crippen LogP contribution < -0.4 is 29.6 Å². The minimum absolute atomic E-state index is 0.218. The van der Waals surface area contributed by atoms with Gasteiger partial charge < -0.3 is 29.6 Å². The van der Waals surface area contributed by atoms with Crippen molar-refractivity contribution >= 4 is 5.91 Å². The van der Waals surface area contributed by atoms with E-state index in [1.165, 1.54) is 21.3 Å². The van der Waals surface area contributed by atoms with Crippen LogP contribution in [0, 0.1) is 0 Å². The molecular formula is C25H28N2O5. The molecule has 0 fully saturated rings. The number of hydrogen-bond acceptors (Lipinski definition) is 6. The first-order valence-corrected chi connectivity index (χ1v) is 10.3. The van der Waals surface area contributed by atoms with Crippen LogP contribution in [-0.2, 0) is 6.54 Å². The molecule has 0 saturated carbocycles. The van der Waals surface area contributed by atoms with Crippen LogP contribution in [0.15, 0.2) is 66.7 Å². The predicted octanol–water partition coefficient (Wildman–Crippen LogP) is 4.02. The van der Waals surface area contributed by atoms with Crippen LogP contribution in [0.4, 0.5) is 0 Å². The molecule has 3 rings (SSSR count). The Morgan fingerprint density at radius 3 is 2.12 bits per heavy atom. The largest absolute Gasteiger partial charge is 0.493 e. The zero-order chi connectivity index (χ0) is 22.8. The van der Waals surface area contributed by atoms with Crippen molar-refractivity contribution in [1.29, 1.82) is 0 Å². The van der Waals surface area contributed by atoms with Crippen molar-refractivity contribution in [1.82, 2.24) is 10.6 Å². The fraction of sp³-hybridized carbons (Fsp3) is 0.240. The van der Waals surface area contributed by atoms with Gasteiger partial charge in [0.1, 0.15) is 11.5 Å². The molecule has 1 amide bonds. The van der Waals surface area contributed by atoms with E-state index in [1.807, 2.05) is 54.6 Å². The number of carbonyl (C=O) groups is 1. The van der Waals surface area contributed by atoms with Gasteiger partial charge in [-0.15, -0.1) is 0 Å². The first-order chi connectivity index (χ1) is 15.6. The molecule has 0 unspecified atom stereocenters. The van der Waals surface area contributed by atoms with Gasteiger partial charge in [-0.3, -0.25) is 4.79 Å². The number of nitrogens with one attached hydrogen (secondary N) is 2. The van der Waals surface area contributed by atoms with E-state index in [0.717, 1.165) is 17.1 Å². The number of methoxy groups -OCH3 is 3. The van der Waals surface area contributed by atoms with Gasteiger partial charge in [-0.25, -0.2) is 0 Å². The van der Waals surface area contributed by atoms with E-state index < -0.39 is 0 Å². The molecule has 7 nitrogen and oxygen atoms in total. The van der Waals surface area contributed by atoms with Crippen molar-refractivity contribution < 1.29 is 23.7 Å². The SMILES string of the molecule is COc1cc(C(=O)NCCNCc2cccc(Oc3ccccc3)c2)cc(OC)c1OC. The number of ether oxygens (including phenoxy) is 4. The van der Waals surface area contributed by atoms with E-state index in [9.17, 15) is 4.79 Å². The first kappa shape index (κ1) is 23.0. The Bertz CT molecular complexity index is 999. The standard InChI is InChI=1S/C25H28N2O5/c1-29-22-15-19(16-23(30-2)24(22)31-3)25(28)27-13-12-26-17-18-8-7-11-21(14-18)32-20-9-5-4-6-10-20/h4-11,14-16,26H,12-13,17H2,1-3H3,(H,27,28). The van der Waals surface area contributed by atoms with Gasteiger partial charge in [0.05, 0.1) is 21.3 Å². The van der Waals surface area contributed by atoms with Crippen molar-refractivity contribution in [3.63, 3.8) is 0 Å². The normalized spacial score (nSPS) is 10.3. The van der Waals surface area contributed by atoms with Crippen molar-refractivity contribution in [2.45, 2.75) is 6.54 Å². The quantitative estimate of drug-likeness (QED) is 0.442. The lowest BCUT2D eigenvalue weighted by molar-refractivity contribution is 0.0953. The Labute approximate surface area is 188 Å². The predicted molar refractivity (Wildman–Crippen MR) is 123 cm³/mol. The summed E-state index contributed by atoms with van der Waals surface area (Å²) in [5.41, 5.74) is 1.53. The molecule has 0 saturated heterocycles. The van der Waals surface area contributed by atoms with Crippen LogP contribution in [0.5, 0.6) is 28.7 Å². The molecule has 0 heterocycles. The number of hydrogen-bond donors (Lipinski definition) is 2. The van der Waals surface area contributed by atoms with E-state index in [0.29, 0.717) is 42.4 Å². The topological polar surface area (TPSA) is 78.1 Å². The summed E-state index contributed by atoms with van der Waals surface area (Å²) in [4.78, 5) is 12.5. The highest BCUT2D eigenvalue weighted by Crippen LogP contribution is 2.38. The van der Waals surface area contributed by atoms with Gasteiger partial charge in [-0.05, 0) is 42.0 Å². The van der Waals surface area contributed by atoms with Crippen molar-refractivity contribution in [3.8, 4) is 28.7 Å². The second kappa shape index (κ2) is 11.6. The molecule has 7 heteroatoms. The van der Waals surface area contributed by atoms with Gasteiger partial charge in [-0.2, -0.15) is 0 Å². The minimum Gasteiger partial charge on any atom is -0.493 e. The maximum absolute atomic E-state index is 12.5. The van der Waals surface area contributed by atoms with E-state index in [4.69, 9.17) is 18.9 Å². The van der Waals surface area contributed by atoms with Gasteiger partial charge in [0.15, 0.2) is 11.5 Å². The highest BCUT2D eigenvalue weighted by atomic mass is 16.5. The summed E-state index contributed by atoms with van der Waals surface area (Å²) < 4.78 is 21.8. The second-order valence-electron chi connectivity index (χ2n) is 6.91. The second-order valence-corrected chi connectivity index (χ2v) is 6.91. The van der Waals surface area contributed by atoms with Crippen LogP contribution in [0.3, 0.4) is 0 Å². The Balaban J connectivity index is 1.48. The molecular weight excluding hydrogens is 408 g/mol. The summed E-state index contributed by atoms with van der Waals surface area (Å²) in [5.74, 6) is 2.69. The highest BCUT2D eigenvalue weighted by molar-refractivity contribution is 5.95. The molecule has 3 aromatic carbocycles. The molecule has 0 bridgehead atoms.